The molecule has 1 aromatic carbocycles. The summed E-state index contributed by atoms with van der Waals surface area (Å²) in [4.78, 5) is 12.3. The number of carbonyl (C=O) groups excluding carboxylic acids is 1. The normalized spacial score (nSPS) is 10.2. The van der Waals surface area contributed by atoms with Gasteiger partial charge in [-0.2, -0.15) is 5.10 Å². The Morgan fingerprint density at radius 3 is 2.55 bits per heavy atom. The van der Waals surface area contributed by atoms with E-state index in [-0.39, 0.29) is 5.91 Å². The lowest BCUT2D eigenvalue weighted by atomic mass is 10.1. The van der Waals surface area contributed by atoms with Gasteiger partial charge in [-0.05, 0) is 19.1 Å². The number of nitrogens with zero attached hydrogens (tertiary/aromatic N) is 2. The van der Waals surface area contributed by atoms with Gasteiger partial charge in [-0.15, -0.1) is 0 Å². The third-order valence-corrected chi connectivity index (χ3v) is 2.90. The maximum Gasteiger partial charge on any atom is 0.260 e. The van der Waals surface area contributed by atoms with Gasteiger partial charge in [-0.1, -0.05) is 0 Å². The zero-order valence-corrected chi connectivity index (χ0v) is 11.9. The highest BCUT2D eigenvalue weighted by molar-refractivity contribution is 6.05. The lowest BCUT2D eigenvalue weighted by molar-refractivity contribution is 0.102. The van der Waals surface area contributed by atoms with Crippen molar-refractivity contribution in [3.05, 3.63) is 35.5 Å². The van der Waals surface area contributed by atoms with E-state index in [1.807, 2.05) is 6.92 Å². The number of amides is 1. The molecular weight excluding hydrogens is 258 g/mol. The van der Waals surface area contributed by atoms with Crippen LogP contribution in [0.1, 0.15) is 16.1 Å². The molecule has 0 aliphatic rings. The Bertz CT molecular complexity index is 635. The number of methoxy groups -OCH3 is 2. The average Bonchev–Trinajstić information content (AvgIpc) is 2.75. The van der Waals surface area contributed by atoms with Crippen LogP contribution in [0.15, 0.2) is 24.3 Å². The Morgan fingerprint density at radius 2 is 2.00 bits per heavy atom. The predicted octanol–water partition coefficient (Wildman–Crippen LogP) is 2.00. The minimum atomic E-state index is -0.257. The van der Waals surface area contributed by atoms with E-state index in [2.05, 4.69) is 10.4 Å². The van der Waals surface area contributed by atoms with Crippen molar-refractivity contribution in [2.75, 3.05) is 19.5 Å². The van der Waals surface area contributed by atoms with Crippen LogP contribution >= 0.6 is 0 Å². The molecule has 6 heteroatoms. The minimum Gasteiger partial charge on any atom is -0.497 e. The molecule has 0 unspecified atom stereocenters. The molecule has 0 spiro atoms. The van der Waals surface area contributed by atoms with Crippen molar-refractivity contribution in [1.82, 2.24) is 9.78 Å². The highest BCUT2D eigenvalue weighted by Crippen LogP contribution is 2.25. The van der Waals surface area contributed by atoms with Gasteiger partial charge >= 0.3 is 0 Å². The van der Waals surface area contributed by atoms with Crippen molar-refractivity contribution in [2.24, 2.45) is 7.05 Å². The number of carbonyl (C=O) groups is 1. The Labute approximate surface area is 117 Å². The molecule has 0 atom stereocenters. The van der Waals surface area contributed by atoms with Crippen LogP contribution in [0.5, 0.6) is 11.5 Å². The molecule has 6 nitrogen and oxygen atoms in total. The molecule has 0 saturated carbocycles. The molecule has 1 amide bonds. The molecule has 2 rings (SSSR count). The number of benzene rings is 1. The third-order valence-electron chi connectivity index (χ3n) is 2.90. The van der Waals surface area contributed by atoms with E-state index >= 15 is 0 Å². The van der Waals surface area contributed by atoms with Gasteiger partial charge in [0, 0.05) is 19.2 Å². The summed E-state index contributed by atoms with van der Waals surface area (Å²) in [6, 6.07) is 6.85. The number of ether oxygens (including phenoxy) is 2. The minimum absolute atomic E-state index is 0.257. The molecule has 2 aromatic rings. The summed E-state index contributed by atoms with van der Waals surface area (Å²) in [5.41, 5.74) is 1.27. The van der Waals surface area contributed by atoms with Gasteiger partial charge in [0.25, 0.3) is 5.91 Å². The molecular formula is C14H17N3O3. The summed E-state index contributed by atoms with van der Waals surface area (Å²) in [5, 5.41) is 6.98. The van der Waals surface area contributed by atoms with Gasteiger partial charge in [0.1, 0.15) is 17.3 Å². The fourth-order valence-corrected chi connectivity index (χ4v) is 1.90. The molecule has 106 valence electrons. The molecule has 20 heavy (non-hydrogen) atoms. The Kier molecular flexibility index (Phi) is 3.93. The Hall–Kier alpha value is -2.50. The smallest absolute Gasteiger partial charge is 0.260 e. The molecule has 1 N–H and O–H groups in total. The number of anilines is 1. The number of aryl methyl sites for hydroxylation is 2. The number of hydrogen-bond acceptors (Lipinski definition) is 4. The van der Waals surface area contributed by atoms with Crippen LogP contribution < -0.4 is 14.8 Å². The highest BCUT2D eigenvalue weighted by Gasteiger charge is 2.15. The monoisotopic (exact) mass is 275 g/mol. The average molecular weight is 275 g/mol. The van der Waals surface area contributed by atoms with E-state index in [0.717, 1.165) is 5.69 Å². The lowest BCUT2D eigenvalue weighted by Gasteiger charge is -2.10. The van der Waals surface area contributed by atoms with Crippen LogP contribution in [0.4, 0.5) is 5.82 Å². The van der Waals surface area contributed by atoms with E-state index < -0.39 is 0 Å². The van der Waals surface area contributed by atoms with Crippen molar-refractivity contribution >= 4 is 11.7 Å². The highest BCUT2D eigenvalue weighted by atomic mass is 16.5. The zero-order valence-electron chi connectivity index (χ0n) is 11.9. The molecule has 1 heterocycles. The molecule has 0 saturated heterocycles. The Balaban J connectivity index is 2.27. The van der Waals surface area contributed by atoms with E-state index in [1.54, 1.807) is 43.1 Å². The third kappa shape index (κ3) is 2.74. The second-order valence-electron chi connectivity index (χ2n) is 4.31. The van der Waals surface area contributed by atoms with Crippen molar-refractivity contribution in [3.8, 4) is 11.5 Å². The summed E-state index contributed by atoms with van der Waals surface area (Å²) in [6.45, 7) is 1.86. The molecule has 0 aliphatic heterocycles. The fourth-order valence-electron chi connectivity index (χ4n) is 1.90. The van der Waals surface area contributed by atoms with Crippen LogP contribution in [-0.2, 0) is 7.05 Å². The van der Waals surface area contributed by atoms with E-state index in [4.69, 9.17) is 9.47 Å². The number of nitrogens with one attached hydrogen (secondary N) is 1. The SMILES string of the molecule is COc1ccc(C(=O)Nc2cc(C)nn2C)c(OC)c1. The van der Waals surface area contributed by atoms with Gasteiger partial charge in [0.15, 0.2) is 0 Å². The summed E-state index contributed by atoms with van der Waals surface area (Å²) in [6.07, 6.45) is 0. The summed E-state index contributed by atoms with van der Waals surface area (Å²) < 4.78 is 11.9. The van der Waals surface area contributed by atoms with Crippen molar-refractivity contribution in [1.29, 1.82) is 0 Å². The largest absolute Gasteiger partial charge is 0.497 e. The maximum atomic E-state index is 12.3. The summed E-state index contributed by atoms with van der Waals surface area (Å²) in [7, 11) is 4.85. The fraction of sp³-hybridized carbons (Fsp3) is 0.286. The van der Waals surface area contributed by atoms with Crippen LogP contribution in [0, 0.1) is 6.92 Å². The first-order valence-corrected chi connectivity index (χ1v) is 6.09. The van der Waals surface area contributed by atoms with Gasteiger partial charge in [0.05, 0.1) is 25.5 Å². The Morgan fingerprint density at radius 1 is 1.25 bits per heavy atom. The van der Waals surface area contributed by atoms with Crippen molar-refractivity contribution in [2.45, 2.75) is 6.92 Å². The molecule has 0 radical (unpaired) electrons. The van der Waals surface area contributed by atoms with Crippen molar-refractivity contribution in [3.63, 3.8) is 0 Å². The standard InChI is InChI=1S/C14H17N3O3/c1-9-7-13(17(2)16-9)15-14(18)11-6-5-10(19-3)8-12(11)20-4/h5-8H,1-4H3,(H,15,18). The van der Waals surface area contributed by atoms with Crippen LogP contribution in [0.3, 0.4) is 0 Å². The molecule has 1 aromatic heterocycles. The van der Waals surface area contributed by atoms with Crippen molar-refractivity contribution < 1.29 is 14.3 Å². The van der Waals surface area contributed by atoms with E-state index in [1.165, 1.54) is 7.11 Å². The summed E-state index contributed by atoms with van der Waals surface area (Å²) in [5.74, 6) is 1.47. The predicted molar refractivity (Wildman–Crippen MR) is 75.4 cm³/mol. The molecule has 0 fully saturated rings. The second-order valence-corrected chi connectivity index (χ2v) is 4.31. The van der Waals surface area contributed by atoms with Gasteiger partial charge in [-0.25, -0.2) is 0 Å². The number of rotatable bonds is 4. The number of aromatic nitrogens is 2. The molecule has 0 bridgehead atoms. The first-order chi connectivity index (χ1) is 9.55. The summed E-state index contributed by atoms with van der Waals surface area (Å²) >= 11 is 0. The van der Waals surface area contributed by atoms with Gasteiger partial charge in [-0.3, -0.25) is 9.48 Å². The van der Waals surface area contributed by atoms with Crippen LogP contribution in [0.25, 0.3) is 0 Å². The van der Waals surface area contributed by atoms with Crippen LogP contribution in [-0.4, -0.2) is 29.9 Å². The first-order valence-electron chi connectivity index (χ1n) is 6.09. The van der Waals surface area contributed by atoms with Gasteiger partial charge in [0.2, 0.25) is 0 Å². The molecule has 0 aliphatic carbocycles. The quantitative estimate of drug-likeness (QED) is 0.926. The first kappa shape index (κ1) is 13.9. The number of hydrogen-bond donors (Lipinski definition) is 1. The van der Waals surface area contributed by atoms with Gasteiger partial charge < -0.3 is 14.8 Å². The van der Waals surface area contributed by atoms with Crippen LogP contribution in [0.2, 0.25) is 0 Å². The lowest BCUT2D eigenvalue weighted by Crippen LogP contribution is -2.15. The van der Waals surface area contributed by atoms with E-state index in [0.29, 0.717) is 22.9 Å². The topological polar surface area (TPSA) is 65.4 Å². The second kappa shape index (κ2) is 5.64. The zero-order chi connectivity index (χ0) is 14.7. The van der Waals surface area contributed by atoms with E-state index in [9.17, 15) is 4.79 Å². The maximum absolute atomic E-state index is 12.3.